The molecule has 10 heteroatoms. The molecule has 1 amide bonds. The van der Waals surface area contributed by atoms with Crippen LogP contribution in [-0.2, 0) is 4.74 Å². The molecule has 3 aromatic rings. The van der Waals surface area contributed by atoms with Gasteiger partial charge in [-0.05, 0) is 57.9 Å². The number of anilines is 1. The maximum absolute atomic E-state index is 14.9. The van der Waals surface area contributed by atoms with E-state index in [0.29, 0.717) is 53.0 Å². The maximum Gasteiger partial charge on any atom is 0.407 e. The van der Waals surface area contributed by atoms with Gasteiger partial charge in [-0.25, -0.2) is 23.5 Å². The van der Waals surface area contributed by atoms with Crippen LogP contribution < -0.4 is 10.2 Å². The Balaban J connectivity index is 1.64. The molecular weight excluding hydrogens is 520 g/mol. The first kappa shape index (κ1) is 24.8. The Labute approximate surface area is 210 Å². The van der Waals surface area contributed by atoms with Gasteiger partial charge in [0.25, 0.3) is 0 Å². The van der Waals surface area contributed by atoms with Gasteiger partial charge in [-0.2, -0.15) is 5.26 Å². The molecule has 1 N–H and O–H groups in total. The molecule has 0 saturated carbocycles. The average molecular weight is 544 g/mol. The number of benzene rings is 2. The van der Waals surface area contributed by atoms with Crippen LogP contribution in [0.5, 0.6) is 0 Å². The van der Waals surface area contributed by atoms with Gasteiger partial charge >= 0.3 is 6.09 Å². The van der Waals surface area contributed by atoms with Crippen molar-refractivity contribution in [3.8, 4) is 17.3 Å². The van der Waals surface area contributed by atoms with Crippen molar-refractivity contribution in [1.29, 1.82) is 5.26 Å². The van der Waals surface area contributed by atoms with Crippen molar-refractivity contribution < 1.29 is 18.3 Å². The first-order chi connectivity index (χ1) is 16.5. The first-order valence-electron chi connectivity index (χ1n) is 11.2. The molecule has 1 fully saturated rings. The van der Waals surface area contributed by atoms with Gasteiger partial charge in [0, 0.05) is 34.6 Å². The molecule has 182 valence electrons. The van der Waals surface area contributed by atoms with Gasteiger partial charge in [0.2, 0.25) is 5.95 Å². The van der Waals surface area contributed by atoms with E-state index >= 15 is 0 Å². The van der Waals surface area contributed by atoms with Crippen LogP contribution in [0.3, 0.4) is 0 Å². The predicted octanol–water partition coefficient (Wildman–Crippen LogP) is 5.70. The van der Waals surface area contributed by atoms with Crippen LogP contribution in [0.15, 0.2) is 34.8 Å². The predicted molar refractivity (Wildman–Crippen MR) is 132 cm³/mol. The van der Waals surface area contributed by atoms with Gasteiger partial charge in [-0.15, -0.1) is 0 Å². The SMILES string of the molecule is CC(C)(C)OC(=O)NC1CCN(c2nc(-c3ccc(C#N)c(F)c3)c3cc(Br)cc(F)c3n2)CC1. The van der Waals surface area contributed by atoms with E-state index < -0.39 is 23.3 Å². The number of carbonyl (C=O) groups is 1. The molecule has 4 rings (SSSR count). The highest BCUT2D eigenvalue weighted by atomic mass is 79.9. The molecule has 1 saturated heterocycles. The second-order valence-corrected chi connectivity index (χ2v) is 10.3. The molecule has 1 aromatic heterocycles. The Bertz CT molecular complexity index is 1330. The lowest BCUT2D eigenvalue weighted by molar-refractivity contribution is 0.0497. The third-order valence-corrected chi connectivity index (χ3v) is 6.03. The number of carbonyl (C=O) groups excluding carboxylic acids is 1. The number of nitrogens with zero attached hydrogens (tertiary/aromatic N) is 4. The topological polar surface area (TPSA) is 91.1 Å². The van der Waals surface area contributed by atoms with Gasteiger partial charge in [0.1, 0.15) is 23.0 Å². The second-order valence-electron chi connectivity index (χ2n) is 9.37. The number of hydrogen-bond donors (Lipinski definition) is 1. The molecule has 0 unspecified atom stereocenters. The Morgan fingerprint density at radius 1 is 1.17 bits per heavy atom. The molecule has 0 aliphatic carbocycles. The minimum Gasteiger partial charge on any atom is -0.444 e. The Morgan fingerprint density at radius 2 is 1.89 bits per heavy atom. The number of ether oxygens (including phenoxy) is 1. The third-order valence-electron chi connectivity index (χ3n) is 5.57. The fourth-order valence-corrected chi connectivity index (χ4v) is 4.39. The standard InChI is InChI=1S/C25H24BrF2N5O2/c1-25(2,3)35-24(34)30-17-6-8-33(9-7-17)23-31-21(14-4-5-15(13-29)19(27)10-14)18-11-16(26)12-20(28)22(18)32-23/h4-5,10-12,17H,6-9H2,1-3H3,(H,30,34). The van der Waals surface area contributed by atoms with Crippen molar-refractivity contribution in [2.75, 3.05) is 18.0 Å². The van der Waals surface area contributed by atoms with Gasteiger partial charge in [-0.3, -0.25) is 0 Å². The lowest BCUT2D eigenvalue weighted by Crippen LogP contribution is -2.46. The van der Waals surface area contributed by atoms with Gasteiger partial charge in [-0.1, -0.05) is 22.0 Å². The van der Waals surface area contributed by atoms with Crippen LogP contribution in [0.25, 0.3) is 22.2 Å². The smallest absolute Gasteiger partial charge is 0.407 e. The average Bonchev–Trinajstić information content (AvgIpc) is 2.77. The quantitative estimate of drug-likeness (QED) is 0.455. The molecule has 2 aromatic carbocycles. The second kappa shape index (κ2) is 9.74. The number of rotatable bonds is 3. The summed E-state index contributed by atoms with van der Waals surface area (Å²) < 4.78 is 35.1. The number of hydrogen-bond acceptors (Lipinski definition) is 6. The molecule has 0 spiro atoms. The van der Waals surface area contributed by atoms with Crippen LogP contribution in [0.4, 0.5) is 19.5 Å². The molecule has 35 heavy (non-hydrogen) atoms. The zero-order chi connectivity index (χ0) is 25.3. The Morgan fingerprint density at radius 3 is 2.51 bits per heavy atom. The van der Waals surface area contributed by atoms with Crippen LogP contribution in [0.2, 0.25) is 0 Å². The number of amides is 1. The van der Waals surface area contributed by atoms with E-state index in [2.05, 4.69) is 31.2 Å². The first-order valence-corrected chi connectivity index (χ1v) is 11.9. The lowest BCUT2D eigenvalue weighted by Gasteiger charge is -2.33. The molecule has 7 nitrogen and oxygen atoms in total. The molecule has 0 bridgehead atoms. The van der Waals surface area contributed by atoms with Crippen molar-refractivity contribution in [1.82, 2.24) is 15.3 Å². The third kappa shape index (κ3) is 5.68. The molecule has 2 heterocycles. The highest BCUT2D eigenvalue weighted by Gasteiger charge is 2.26. The van der Waals surface area contributed by atoms with Crippen molar-refractivity contribution in [3.63, 3.8) is 0 Å². The molecule has 1 aliphatic heterocycles. The Kier molecular flexibility index (Phi) is 6.90. The van der Waals surface area contributed by atoms with Crippen LogP contribution >= 0.6 is 15.9 Å². The summed E-state index contributed by atoms with van der Waals surface area (Å²) in [5.74, 6) is -0.896. The number of nitrogens with one attached hydrogen (secondary N) is 1. The van der Waals surface area contributed by atoms with E-state index in [1.54, 1.807) is 39.0 Å². The molecule has 0 radical (unpaired) electrons. The van der Waals surface area contributed by atoms with Crippen molar-refractivity contribution in [2.45, 2.75) is 45.3 Å². The minimum atomic E-state index is -0.678. The largest absolute Gasteiger partial charge is 0.444 e. The Hall–Kier alpha value is -3.32. The van der Waals surface area contributed by atoms with Crippen molar-refractivity contribution in [2.24, 2.45) is 0 Å². The maximum atomic E-state index is 14.9. The normalized spacial score (nSPS) is 14.6. The van der Waals surface area contributed by atoms with E-state index in [-0.39, 0.29) is 17.1 Å². The minimum absolute atomic E-state index is 0.0682. The summed E-state index contributed by atoms with van der Waals surface area (Å²) in [7, 11) is 0. The number of alkyl carbamates (subject to hydrolysis) is 1. The van der Waals surface area contributed by atoms with Gasteiger partial charge in [0.05, 0.1) is 11.3 Å². The van der Waals surface area contributed by atoms with E-state index in [9.17, 15) is 13.6 Å². The van der Waals surface area contributed by atoms with Crippen molar-refractivity contribution in [3.05, 3.63) is 52.0 Å². The highest BCUT2D eigenvalue weighted by molar-refractivity contribution is 9.10. The highest BCUT2D eigenvalue weighted by Crippen LogP contribution is 2.33. The fraction of sp³-hybridized carbons (Fsp3) is 0.360. The summed E-state index contributed by atoms with van der Waals surface area (Å²) in [4.78, 5) is 23.2. The van der Waals surface area contributed by atoms with E-state index in [4.69, 9.17) is 10.00 Å². The summed E-state index contributed by atoms with van der Waals surface area (Å²) in [5.41, 5.74) is 0.229. The summed E-state index contributed by atoms with van der Waals surface area (Å²) in [6.45, 7) is 6.49. The van der Waals surface area contributed by atoms with E-state index in [1.807, 2.05) is 4.90 Å². The molecule has 1 aliphatic rings. The zero-order valence-electron chi connectivity index (χ0n) is 19.5. The van der Waals surface area contributed by atoms with Crippen molar-refractivity contribution >= 4 is 38.9 Å². The summed E-state index contributed by atoms with van der Waals surface area (Å²) in [6, 6.07) is 8.92. The van der Waals surface area contributed by atoms with Crippen LogP contribution in [-0.4, -0.2) is 40.8 Å². The monoisotopic (exact) mass is 543 g/mol. The summed E-state index contributed by atoms with van der Waals surface area (Å²) in [6.07, 6.45) is 0.796. The lowest BCUT2D eigenvalue weighted by atomic mass is 10.0. The van der Waals surface area contributed by atoms with E-state index in [0.717, 1.165) is 0 Å². The summed E-state index contributed by atoms with van der Waals surface area (Å²) >= 11 is 3.30. The molecular formula is C25H24BrF2N5O2. The molecule has 0 atom stereocenters. The van der Waals surface area contributed by atoms with Gasteiger partial charge in [0.15, 0.2) is 5.82 Å². The van der Waals surface area contributed by atoms with E-state index in [1.165, 1.54) is 18.2 Å². The fourth-order valence-electron chi connectivity index (χ4n) is 3.96. The number of halogens is 3. The number of piperidine rings is 1. The zero-order valence-corrected chi connectivity index (χ0v) is 21.1. The van der Waals surface area contributed by atoms with Gasteiger partial charge < -0.3 is 15.0 Å². The number of aromatic nitrogens is 2. The number of fused-ring (bicyclic) bond motifs is 1. The summed E-state index contributed by atoms with van der Waals surface area (Å²) in [5, 5.41) is 12.4. The number of nitriles is 1. The van der Waals surface area contributed by atoms with Crippen LogP contribution in [0, 0.1) is 23.0 Å². The van der Waals surface area contributed by atoms with Crippen LogP contribution in [0.1, 0.15) is 39.2 Å².